The molecule has 2 aliphatic rings. The van der Waals surface area contributed by atoms with Gasteiger partial charge in [0, 0.05) is 56.9 Å². The van der Waals surface area contributed by atoms with Gasteiger partial charge in [0.05, 0.1) is 18.6 Å². The zero-order chi connectivity index (χ0) is 36.0. The van der Waals surface area contributed by atoms with Gasteiger partial charge in [-0.2, -0.15) is 39.5 Å². The summed E-state index contributed by atoms with van der Waals surface area (Å²) in [5.74, 6) is -7.69. The predicted octanol–water partition coefficient (Wildman–Crippen LogP) is 3.67. The van der Waals surface area contributed by atoms with Gasteiger partial charge in [-0.1, -0.05) is 6.07 Å². The van der Waals surface area contributed by atoms with Crippen LogP contribution < -0.4 is 5.32 Å². The standard InChI is InChI=1S/C20H24N4O2.3C2HF3O2/c25-20(23-11-16-2-1-5-22-10-16)9-18-8-17-13-24(14-19(17)26-18)12-15-3-6-21-7-4-15;3*3-2(4,5)1(6)7/h1-7,10,17-19H,8-9,11-14H2,(H,23,25);3*(H,6,7)/t17-,18-,19+;;;/m0.../s1. The Morgan fingerprint density at radius 2 is 1.30 bits per heavy atom. The topological polar surface area (TPSA) is 179 Å². The van der Waals surface area contributed by atoms with Crippen LogP contribution >= 0.6 is 0 Å². The molecule has 0 aromatic carbocycles. The molecule has 21 heteroatoms. The number of pyridine rings is 2. The second-order valence-electron chi connectivity index (χ2n) is 9.59. The van der Waals surface area contributed by atoms with Crippen molar-refractivity contribution in [2.75, 3.05) is 13.1 Å². The van der Waals surface area contributed by atoms with Crippen LogP contribution in [0.15, 0.2) is 49.1 Å². The quantitative estimate of drug-likeness (QED) is 0.324. The molecule has 2 aromatic rings. The molecule has 0 saturated carbocycles. The van der Waals surface area contributed by atoms with Gasteiger partial charge in [-0.05, 0) is 35.7 Å². The number of halogens is 9. The Kier molecular flexibility index (Phi) is 15.5. The van der Waals surface area contributed by atoms with Gasteiger partial charge >= 0.3 is 36.4 Å². The average molecular weight is 695 g/mol. The van der Waals surface area contributed by atoms with E-state index in [9.17, 15) is 44.3 Å². The highest BCUT2D eigenvalue weighted by Gasteiger charge is 2.42. The molecule has 262 valence electrons. The van der Waals surface area contributed by atoms with Crippen molar-refractivity contribution in [3.63, 3.8) is 0 Å². The molecule has 4 rings (SSSR count). The maximum Gasteiger partial charge on any atom is 0.490 e. The molecule has 0 bridgehead atoms. The van der Waals surface area contributed by atoms with Gasteiger partial charge in [-0.3, -0.25) is 19.7 Å². The number of aromatic nitrogens is 2. The first-order chi connectivity index (χ1) is 21.6. The predicted molar refractivity (Wildman–Crippen MR) is 138 cm³/mol. The van der Waals surface area contributed by atoms with Crippen LogP contribution in [0.5, 0.6) is 0 Å². The lowest BCUT2D eigenvalue weighted by molar-refractivity contribution is -0.193. The Morgan fingerprint density at radius 3 is 1.72 bits per heavy atom. The number of alkyl halides is 9. The van der Waals surface area contributed by atoms with Crippen molar-refractivity contribution in [2.24, 2.45) is 5.92 Å². The molecule has 2 aliphatic heterocycles. The van der Waals surface area contributed by atoms with Crippen LogP contribution in [0.2, 0.25) is 0 Å². The van der Waals surface area contributed by atoms with Crippen molar-refractivity contribution < 1.29 is 78.7 Å². The summed E-state index contributed by atoms with van der Waals surface area (Å²) in [6.45, 7) is 3.45. The van der Waals surface area contributed by atoms with Crippen molar-refractivity contribution in [1.29, 1.82) is 0 Å². The van der Waals surface area contributed by atoms with Crippen LogP contribution in [-0.2, 0) is 37.0 Å². The van der Waals surface area contributed by atoms with Crippen molar-refractivity contribution in [3.05, 3.63) is 60.2 Å². The number of likely N-dealkylation sites (tertiary alicyclic amines) is 1. The number of carbonyl (C=O) groups is 4. The molecule has 4 heterocycles. The average Bonchev–Trinajstić information content (AvgIpc) is 3.50. The minimum absolute atomic E-state index is 0.0435. The summed E-state index contributed by atoms with van der Waals surface area (Å²) in [7, 11) is 0. The minimum atomic E-state index is -5.08. The summed E-state index contributed by atoms with van der Waals surface area (Å²) in [5, 5.41) is 24.3. The van der Waals surface area contributed by atoms with Gasteiger partial charge < -0.3 is 25.4 Å². The monoisotopic (exact) mass is 694 g/mol. The van der Waals surface area contributed by atoms with Crippen molar-refractivity contribution >= 4 is 23.8 Å². The van der Waals surface area contributed by atoms with Gasteiger partial charge in [0.2, 0.25) is 5.91 Å². The number of ether oxygens (including phenoxy) is 1. The maximum atomic E-state index is 12.2. The lowest BCUT2D eigenvalue weighted by atomic mass is 10.0. The Balaban J connectivity index is 0.000000430. The van der Waals surface area contributed by atoms with E-state index in [2.05, 4.69) is 32.3 Å². The van der Waals surface area contributed by atoms with Crippen LogP contribution in [0, 0.1) is 5.92 Å². The fourth-order valence-corrected chi connectivity index (χ4v) is 3.94. The van der Waals surface area contributed by atoms with Gasteiger partial charge in [-0.25, -0.2) is 14.4 Å². The number of nitrogens with one attached hydrogen (secondary N) is 1. The first-order valence-corrected chi connectivity index (χ1v) is 12.9. The molecule has 3 atom stereocenters. The lowest BCUT2D eigenvalue weighted by Gasteiger charge is -2.19. The minimum Gasteiger partial charge on any atom is -0.475 e. The molecule has 4 N–H and O–H groups in total. The van der Waals surface area contributed by atoms with E-state index in [4.69, 9.17) is 34.4 Å². The Labute approximate surface area is 259 Å². The van der Waals surface area contributed by atoms with Crippen LogP contribution in [0.3, 0.4) is 0 Å². The normalized spacial score (nSPS) is 19.0. The summed E-state index contributed by atoms with van der Waals surface area (Å²) in [5.41, 5.74) is 2.29. The molecule has 2 aromatic heterocycles. The number of nitrogens with zero attached hydrogens (tertiary/aromatic N) is 3. The second kappa shape index (κ2) is 18.0. The van der Waals surface area contributed by atoms with E-state index < -0.39 is 36.4 Å². The number of fused-ring (bicyclic) bond motifs is 1. The molecular formula is C26H27F9N4O8. The third kappa shape index (κ3) is 16.6. The summed E-state index contributed by atoms with van der Waals surface area (Å²) < 4.78 is 101. The van der Waals surface area contributed by atoms with E-state index in [1.807, 2.05) is 24.5 Å². The summed E-state index contributed by atoms with van der Waals surface area (Å²) in [4.78, 5) is 49.4. The van der Waals surface area contributed by atoms with Gasteiger partial charge in [0.15, 0.2) is 0 Å². The largest absolute Gasteiger partial charge is 0.490 e. The van der Waals surface area contributed by atoms with E-state index in [1.165, 1.54) is 5.56 Å². The molecule has 0 spiro atoms. The fraction of sp³-hybridized carbons (Fsp3) is 0.462. The van der Waals surface area contributed by atoms with Crippen LogP contribution in [0.4, 0.5) is 39.5 Å². The van der Waals surface area contributed by atoms with Gasteiger partial charge in [-0.15, -0.1) is 0 Å². The third-order valence-corrected chi connectivity index (χ3v) is 5.90. The van der Waals surface area contributed by atoms with Crippen LogP contribution in [-0.4, -0.2) is 97.8 Å². The maximum absolute atomic E-state index is 12.2. The number of carboxylic acid groups (broad SMARTS) is 3. The van der Waals surface area contributed by atoms with E-state index >= 15 is 0 Å². The molecular weight excluding hydrogens is 667 g/mol. The lowest BCUT2D eigenvalue weighted by Crippen LogP contribution is -2.29. The Morgan fingerprint density at radius 1 is 0.787 bits per heavy atom. The highest BCUT2D eigenvalue weighted by Crippen LogP contribution is 2.34. The molecule has 1 amide bonds. The van der Waals surface area contributed by atoms with E-state index in [1.54, 1.807) is 12.4 Å². The first kappa shape index (κ1) is 40.5. The number of aliphatic carboxylic acids is 3. The fourth-order valence-electron chi connectivity index (χ4n) is 3.94. The summed E-state index contributed by atoms with van der Waals surface area (Å²) in [6.07, 6.45) is -6.36. The van der Waals surface area contributed by atoms with Crippen LogP contribution in [0.1, 0.15) is 24.0 Å². The van der Waals surface area contributed by atoms with Crippen molar-refractivity contribution in [1.82, 2.24) is 20.2 Å². The number of hydrogen-bond donors (Lipinski definition) is 4. The van der Waals surface area contributed by atoms with Crippen molar-refractivity contribution in [3.8, 4) is 0 Å². The van der Waals surface area contributed by atoms with E-state index in [0.29, 0.717) is 18.9 Å². The number of hydrogen-bond acceptors (Lipinski definition) is 8. The number of amides is 1. The molecule has 2 fully saturated rings. The smallest absolute Gasteiger partial charge is 0.475 e. The number of carboxylic acids is 3. The summed E-state index contributed by atoms with van der Waals surface area (Å²) in [6, 6.07) is 7.95. The molecule has 0 radical (unpaired) electrons. The van der Waals surface area contributed by atoms with Gasteiger partial charge in [0.1, 0.15) is 0 Å². The highest BCUT2D eigenvalue weighted by atomic mass is 19.4. The van der Waals surface area contributed by atoms with Crippen molar-refractivity contribution in [2.45, 2.75) is 56.7 Å². The van der Waals surface area contributed by atoms with Crippen LogP contribution in [0.25, 0.3) is 0 Å². The first-order valence-electron chi connectivity index (χ1n) is 12.9. The van der Waals surface area contributed by atoms with E-state index in [-0.39, 0.29) is 18.1 Å². The zero-order valence-electron chi connectivity index (χ0n) is 23.7. The number of rotatable bonds is 6. The Bertz CT molecular complexity index is 1230. The molecule has 47 heavy (non-hydrogen) atoms. The highest BCUT2D eigenvalue weighted by molar-refractivity contribution is 5.76. The molecule has 2 saturated heterocycles. The molecule has 0 unspecified atom stereocenters. The van der Waals surface area contributed by atoms with Gasteiger partial charge in [0.25, 0.3) is 0 Å². The molecule has 0 aliphatic carbocycles. The molecule has 12 nitrogen and oxygen atoms in total. The zero-order valence-corrected chi connectivity index (χ0v) is 23.7. The SMILES string of the molecule is O=C(C[C@@H]1C[C@H]2CN(Cc3ccncc3)C[C@H]2O1)NCc1cccnc1.O=C(O)C(F)(F)F.O=C(O)C(F)(F)F.O=C(O)C(F)(F)F. The summed E-state index contributed by atoms with van der Waals surface area (Å²) >= 11 is 0. The third-order valence-electron chi connectivity index (χ3n) is 5.90. The van der Waals surface area contributed by atoms with E-state index in [0.717, 1.165) is 31.6 Å². The number of carbonyl (C=O) groups excluding carboxylic acids is 1. The second-order valence-corrected chi connectivity index (χ2v) is 9.59. The Hall–Kier alpha value is -4.53.